The van der Waals surface area contributed by atoms with Gasteiger partial charge >= 0.3 is 0 Å². The lowest BCUT2D eigenvalue weighted by atomic mass is 9.88. The van der Waals surface area contributed by atoms with E-state index in [1.165, 1.54) is 5.57 Å². The fourth-order valence-electron chi connectivity index (χ4n) is 0.947. The molecule has 0 saturated heterocycles. The van der Waals surface area contributed by atoms with Gasteiger partial charge in [0, 0.05) is 6.42 Å². The van der Waals surface area contributed by atoms with Crippen LogP contribution in [-0.2, 0) is 6.42 Å². The molecule has 0 amide bonds. The highest BCUT2D eigenvalue weighted by Gasteiger charge is 2.09. The third kappa shape index (κ3) is 9.92. The molecule has 0 saturated carbocycles. The van der Waals surface area contributed by atoms with E-state index < -0.39 is 0 Å². The van der Waals surface area contributed by atoms with Gasteiger partial charge in [-0.25, -0.2) is 0 Å². The Labute approximate surface area is 108 Å². The molecule has 100 valence electrons. The van der Waals surface area contributed by atoms with Crippen molar-refractivity contribution in [2.45, 2.75) is 61.8 Å². The van der Waals surface area contributed by atoms with E-state index in [2.05, 4.69) is 47.6 Å². The molecule has 0 aliphatic heterocycles. The molecule has 1 rings (SSSR count). The SMILES string of the molecule is C/C=C(\C)C(C)(C)C.CC.CCc1ccco1. The van der Waals surface area contributed by atoms with Crippen LogP contribution in [0.15, 0.2) is 34.5 Å². The lowest BCUT2D eigenvalue weighted by Gasteiger charge is -2.18. The highest BCUT2D eigenvalue weighted by atomic mass is 16.3. The van der Waals surface area contributed by atoms with Gasteiger partial charge in [0.05, 0.1) is 6.26 Å². The predicted molar refractivity (Wildman–Crippen MR) is 78.3 cm³/mol. The molecule has 1 aromatic rings. The summed E-state index contributed by atoms with van der Waals surface area (Å²) in [6, 6.07) is 3.87. The van der Waals surface area contributed by atoms with E-state index in [1.54, 1.807) is 6.26 Å². The zero-order valence-electron chi connectivity index (χ0n) is 12.9. The molecule has 1 aromatic heterocycles. The van der Waals surface area contributed by atoms with Crippen molar-refractivity contribution in [3.05, 3.63) is 35.8 Å². The van der Waals surface area contributed by atoms with E-state index in [-0.39, 0.29) is 0 Å². The first-order valence-corrected chi connectivity index (χ1v) is 6.57. The van der Waals surface area contributed by atoms with Gasteiger partial charge in [-0.3, -0.25) is 0 Å². The number of furan rings is 1. The molecule has 0 radical (unpaired) electrons. The number of allylic oxidation sites excluding steroid dienone is 2. The van der Waals surface area contributed by atoms with E-state index in [0.717, 1.165) is 12.2 Å². The summed E-state index contributed by atoms with van der Waals surface area (Å²) < 4.78 is 4.98. The number of hydrogen-bond acceptors (Lipinski definition) is 1. The van der Waals surface area contributed by atoms with E-state index >= 15 is 0 Å². The molecule has 17 heavy (non-hydrogen) atoms. The van der Waals surface area contributed by atoms with Gasteiger partial charge in [0.1, 0.15) is 5.76 Å². The number of hydrogen-bond donors (Lipinski definition) is 0. The monoisotopic (exact) mass is 238 g/mol. The Morgan fingerprint density at radius 3 is 1.94 bits per heavy atom. The van der Waals surface area contributed by atoms with Crippen molar-refractivity contribution in [3.8, 4) is 0 Å². The topological polar surface area (TPSA) is 13.1 Å². The summed E-state index contributed by atoms with van der Waals surface area (Å²) in [5.41, 5.74) is 1.83. The Balaban J connectivity index is 0. The maximum Gasteiger partial charge on any atom is 0.103 e. The second-order valence-corrected chi connectivity index (χ2v) is 4.65. The summed E-state index contributed by atoms with van der Waals surface area (Å²) in [4.78, 5) is 0. The molecule has 0 aliphatic rings. The van der Waals surface area contributed by atoms with Crippen molar-refractivity contribution in [1.29, 1.82) is 0 Å². The normalized spacial score (nSPS) is 10.9. The van der Waals surface area contributed by atoms with Gasteiger partial charge in [-0.05, 0) is 31.4 Å². The van der Waals surface area contributed by atoms with Crippen LogP contribution in [0.1, 0.15) is 61.2 Å². The van der Waals surface area contributed by atoms with Crippen molar-refractivity contribution in [3.63, 3.8) is 0 Å². The van der Waals surface area contributed by atoms with Crippen LogP contribution in [0, 0.1) is 5.41 Å². The minimum absolute atomic E-state index is 0.370. The van der Waals surface area contributed by atoms with Crippen LogP contribution in [0.2, 0.25) is 0 Å². The van der Waals surface area contributed by atoms with Gasteiger partial charge < -0.3 is 4.42 Å². The Morgan fingerprint density at radius 1 is 1.29 bits per heavy atom. The van der Waals surface area contributed by atoms with E-state index in [1.807, 2.05) is 26.0 Å². The van der Waals surface area contributed by atoms with E-state index in [4.69, 9.17) is 4.42 Å². The van der Waals surface area contributed by atoms with Crippen LogP contribution in [0.25, 0.3) is 0 Å². The summed E-state index contributed by atoms with van der Waals surface area (Å²) in [6.07, 6.45) is 4.85. The largest absolute Gasteiger partial charge is 0.469 e. The van der Waals surface area contributed by atoms with Crippen molar-refractivity contribution in [2.75, 3.05) is 0 Å². The first-order valence-electron chi connectivity index (χ1n) is 6.57. The van der Waals surface area contributed by atoms with E-state index in [9.17, 15) is 0 Å². The second kappa shape index (κ2) is 10.2. The number of aryl methyl sites for hydroxylation is 1. The smallest absolute Gasteiger partial charge is 0.103 e. The highest BCUT2D eigenvalue weighted by Crippen LogP contribution is 2.23. The first-order chi connectivity index (χ1) is 7.91. The van der Waals surface area contributed by atoms with Crippen LogP contribution in [0.5, 0.6) is 0 Å². The average molecular weight is 238 g/mol. The third-order valence-electron chi connectivity index (χ3n) is 2.54. The average Bonchev–Trinajstić information content (AvgIpc) is 2.83. The molecule has 0 aromatic carbocycles. The Morgan fingerprint density at radius 2 is 1.82 bits per heavy atom. The standard InChI is InChI=1S/C8H16.C6H8O.C2H6/c1-6-7(2)8(3,4)5;1-2-6-4-3-5-7-6;1-2/h6H,1-5H3;3-5H,2H2,1H3;1-2H3/b7-6+;;. The van der Waals surface area contributed by atoms with Gasteiger partial charge in [0.2, 0.25) is 0 Å². The Bertz CT molecular complexity index is 273. The van der Waals surface area contributed by atoms with Gasteiger partial charge in [-0.1, -0.05) is 53.2 Å². The zero-order valence-corrected chi connectivity index (χ0v) is 12.9. The van der Waals surface area contributed by atoms with Crippen molar-refractivity contribution in [2.24, 2.45) is 5.41 Å². The minimum atomic E-state index is 0.370. The van der Waals surface area contributed by atoms with Gasteiger partial charge in [-0.2, -0.15) is 0 Å². The molecule has 0 atom stereocenters. The fourth-order valence-corrected chi connectivity index (χ4v) is 0.947. The summed E-state index contributed by atoms with van der Waals surface area (Å²) in [5.74, 6) is 1.06. The summed E-state index contributed by atoms with van der Waals surface area (Å²) in [5, 5.41) is 0. The Kier molecular flexibility index (Phi) is 11.0. The predicted octanol–water partition coefficient (Wildman–Crippen LogP) is 5.87. The second-order valence-electron chi connectivity index (χ2n) is 4.65. The minimum Gasteiger partial charge on any atom is -0.469 e. The van der Waals surface area contributed by atoms with Crippen molar-refractivity contribution >= 4 is 0 Å². The summed E-state index contributed by atoms with van der Waals surface area (Å²) in [6.45, 7) is 17.0. The maximum absolute atomic E-state index is 4.98. The molecular weight excluding hydrogens is 208 g/mol. The highest BCUT2D eigenvalue weighted by molar-refractivity contribution is 5.05. The lowest BCUT2D eigenvalue weighted by Crippen LogP contribution is -2.05. The molecule has 1 nitrogen and oxygen atoms in total. The summed E-state index contributed by atoms with van der Waals surface area (Å²) >= 11 is 0. The van der Waals surface area contributed by atoms with E-state index in [0.29, 0.717) is 5.41 Å². The fraction of sp³-hybridized carbons (Fsp3) is 0.625. The van der Waals surface area contributed by atoms with Gasteiger partial charge in [0.15, 0.2) is 0 Å². The van der Waals surface area contributed by atoms with Crippen LogP contribution in [0.4, 0.5) is 0 Å². The van der Waals surface area contributed by atoms with Crippen LogP contribution >= 0.6 is 0 Å². The molecule has 0 N–H and O–H groups in total. The van der Waals surface area contributed by atoms with Crippen LogP contribution < -0.4 is 0 Å². The summed E-state index contributed by atoms with van der Waals surface area (Å²) in [7, 11) is 0. The molecular formula is C16H30O. The molecule has 0 spiro atoms. The van der Waals surface area contributed by atoms with Gasteiger partial charge in [-0.15, -0.1) is 0 Å². The zero-order chi connectivity index (χ0) is 13.9. The molecule has 1 heteroatoms. The first kappa shape index (κ1) is 18.4. The molecule has 1 heterocycles. The van der Waals surface area contributed by atoms with Gasteiger partial charge in [0.25, 0.3) is 0 Å². The Hall–Kier alpha value is -0.980. The molecule has 0 aliphatic carbocycles. The van der Waals surface area contributed by atoms with Crippen LogP contribution in [0.3, 0.4) is 0 Å². The maximum atomic E-state index is 4.98. The quantitative estimate of drug-likeness (QED) is 0.558. The van der Waals surface area contributed by atoms with Crippen LogP contribution in [-0.4, -0.2) is 0 Å². The molecule has 0 unspecified atom stereocenters. The van der Waals surface area contributed by atoms with Crippen molar-refractivity contribution in [1.82, 2.24) is 0 Å². The van der Waals surface area contributed by atoms with Crippen molar-refractivity contribution < 1.29 is 4.42 Å². The lowest BCUT2D eigenvalue weighted by molar-refractivity contribution is 0.503. The third-order valence-corrected chi connectivity index (χ3v) is 2.54. The molecule has 0 fully saturated rings. The molecule has 0 bridgehead atoms. The number of rotatable bonds is 1.